The van der Waals surface area contributed by atoms with Gasteiger partial charge in [0.1, 0.15) is 0 Å². The monoisotopic (exact) mass is 378 g/mol. The summed E-state index contributed by atoms with van der Waals surface area (Å²) in [6, 6.07) is 6.95. The molecule has 0 atom stereocenters. The molecule has 4 bridgehead atoms. The van der Waals surface area contributed by atoms with Crippen LogP contribution in [-0.2, 0) is 6.54 Å². The second-order valence-electron chi connectivity index (χ2n) is 8.98. The Kier molecular flexibility index (Phi) is 4.53. The normalized spacial score (nSPS) is 38.4. The van der Waals surface area contributed by atoms with Gasteiger partial charge in [0, 0.05) is 38.8 Å². The van der Waals surface area contributed by atoms with E-state index >= 15 is 0 Å². The van der Waals surface area contributed by atoms with Crippen molar-refractivity contribution in [3.05, 3.63) is 33.8 Å². The molecule has 0 aromatic heterocycles. The fourth-order valence-electron chi connectivity index (χ4n) is 6.61. The second kappa shape index (κ2) is 6.71. The van der Waals surface area contributed by atoms with Crippen molar-refractivity contribution in [2.75, 3.05) is 26.2 Å². The zero-order valence-electron chi connectivity index (χ0n) is 14.8. The van der Waals surface area contributed by atoms with E-state index in [1.54, 1.807) is 6.42 Å². The van der Waals surface area contributed by atoms with E-state index in [0.717, 1.165) is 36.3 Å². The fraction of sp³-hybridized carbons (Fsp3) is 0.714. The van der Waals surface area contributed by atoms with Gasteiger partial charge in [0.15, 0.2) is 0 Å². The number of rotatable bonds is 3. The number of benzene rings is 1. The molecule has 0 amide bonds. The van der Waals surface area contributed by atoms with Crippen molar-refractivity contribution in [2.24, 2.45) is 23.7 Å². The molecule has 4 saturated carbocycles. The highest BCUT2D eigenvalue weighted by atomic mass is 35.5. The third kappa shape index (κ3) is 3.25. The third-order valence-electron chi connectivity index (χ3n) is 7.40. The Bertz CT molecular complexity index is 611. The van der Waals surface area contributed by atoms with Crippen LogP contribution in [0.3, 0.4) is 0 Å². The maximum Gasteiger partial charge on any atom is 0.0595 e. The molecule has 5 fully saturated rings. The minimum atomic E-state index is 0.650. The smallest absolute Gasteiger partial charge is 0.0595 e. The van der Waals surface area contributed by atoms with E-state index in [1.807, 2.05) is 12.1 Å². The van der Waals surface area contributed by atoms with Crippen LogP contribution in [0.4, 0.5) is 0 Å². The standard InChI is InChI=1S/C21H28Cl2N2/c22-19-2-1-14(12-20(19)23)13-24-3-5-25(6-4-24)21-17-8-15-7-16(10-17)11-18(21)9-15/h1-2,12,15-18,21H,3-11,13H2. The maximum atomic E-state index is 6.17. The SMILES string of the molecule is Clc1ccc(CN2CCN(C3C4CC5CC(C4)CC3C5)CC2)cc1Cl. The molecule has 4 aliphatic carbocycles. The van der Waals surface area contributed by atoms with Crippen LogP contribution in [0.1, 0.15) is 37.7 Å². The Morgan fingerprint density at radius 3 is 2.04 bits per heavy atom. The Morgan fingerprint density at radius 2 is 1.44 bits per heavy atom. The predicted molar refractivity (Wildman–Crippen MR) is 104 cm³/mol. The van der Waals surface area contributed by atoms with Crippen LogP contribution in [0.5, 0.6) is 0 Å². The third-order valence-corrected chi connectivity index (χ3v) is 8.13. The summed E-state index contributed by atoms with van der Waals surface area (Å²) in [6.07, 6.45) is 7.67. The first-order valence-electron chi connectivity index (χ1n) is 10.1. The number of hydrogen-bond donors (Lipinski definition) is 0. The lowest BCUT2D eigenvalue weighted by molar-refractivity contribution is -0.0769. The molecular weight excluding hydrogens is 351 g/mol. The number of hydrogen-bond acceptors (Lipinski definition) is 2. The average molecular weight is 379 g/mol. The molecule has 4 heteroatoms. The molecular formula is C21H28Cl2N2. The van der Waals surface area contributed by atoms with Gasteiger partial charge in [0.2, 0.25) is 0 Å². The van der Waals surface area contributed by atoms with Gasteiger partial charge in [0.25, 0.3) is 0 Å². The Hall–Kier alpha value is -0.280. The summed E-state index contributed by atoms with van der Waals surface area (Å²) in [5, 5.41) is 1.32. The first-order chi connectivity index (χ1) is 12.2. The van der Waals surface area contributed by atoms with Crippen LogP contribution in [-0.4, -0.2) is 42.0 Å². The molecule has 1 saturated heterocycles. The molecule has 1 aromatic carbocycles. The van der Waals surface area contributed by atoms with Crippen LogP contribution >= 0.6 is 23.2 Å². The van der Waals surface area contributed by atoms with Crippen LogP contribution in [0, 0.1) is 23.7 Å². The van der Waals surface area contributed by atoms with Gasteiger partial charge in [-0.1, -0.05) is 29.3 Å². The number of piperazine rings is 1. The highest BCUT2D eigenvalue weighted by Crippen LogP contribution is 2.55. The zero-order valence-corrected chi connectivity index (χ0v) is 16.4. The number of nitrogens with zero attached hydrogens (tertiary/aromatic N) is 2. The molecule has 1 aromatic rings. The fourth-order valence-corrected chi connectivity index (χ4v) is 6.93. The van der Waals surface area contributed by atoms with Gasteiger partial charge in [0.05, 0.1) is 10.0 Å². The molecule has 6 rings (SSSR count). The van der Waals surface area contributed by atoms with Crippen molar-refractivity contribution < 1.29 is 0 Å². The van der Waals surface area contributed by atoms with Gasteiger partial charge in [-0.15, -0.1) is 0 Å². The van der Waals surface area contributed by atoms with E-state index in [4.69, 9.17) is 23.2 Å². The van der Waals surface area contributed by atoms with E-state index in [1.165, 1.54) is 57.4 Å². The van der Waals surface area contributed by atoms with Crippen molar-refractivity contribution in [1.82, 2.24) is 9.80 Å². The minimum absolute atomic E-state index is 0.650. The highest BCUT2D eigenvalue weighted by Gasteiger charge is 2.50. The maximum absolute atomic E-state index is 6.17. The summed E-state index contributed by atoms with van der Waals surface area (Å²) in [5.41, 5.74) is 1.28. The van der Waals surface area contributed by atoms with Crippen molar-refractivity contribution in [2.45, 2.75) is 44.7 Å². The van der Waals surface area contributed by atoms with Crippen molar-refractivity contribution in [3.63, 3.8) is 0 Å². The van der Waals surface area contributed by atoms with Gasteiger partial charge >= 0.3 is 0 Å². The predicted octanol–water partition coefficient (Wildman–Crippen LogP) is 4.94. The first kappa shape index (κ1) is 16.9. The lowest BCUT2D eigenvalue weighted by atomic mass is 9.54. The van der Waals surface area contributed by atoms with Crippen LogP contribution in [0.15, 0.2) is 18.2 Å². The van der Waals surface area contributed by atoms with Gasteiger partial charge in [-0.3, -0.25) is 9.80 Å². The van der Waals surface area contributed by atoms with E-state index in [9.17, 15) is 0 Å². The lowest BCUT2D eigenvalue weighted by Crippen LogP contribution is -2.60. The van der Waals surface area contributed by atoms with Crippen LogP contribution < -0.4 is 0 Å². The Balaban J connectivity index is 1.19. The molecule has 5 aliphatic rings. The van der Waals surface area contributed by atoms with Crippen molar-refractivity contribution in [3.8, 4) is 0 Å². The van der Waals surface area contributed by atoms with Gasteiger partial charge in [-0.2, -0.15) is 0 Å². The molecule has 0 radical (unpaired) electrons. The van der Waals surface area contributed by atoms with Crippen LogP contribution in [0.25, 0.3) is 0 Å². The minimum Gasteiger partial charge on any atom is -0.297 e. The molecule has 1 aliphatic heterocycles. The largest absolute Gasteiger partial charge is 0.297 e. The Labute approximate surface area is 161 Å². The van der Waals surface area contributed by atoms with E-state index < -0.39 is 0 Å². The average Bonchev–Trinajstić information content (AvgIpc) is 2.59. The topological polar surface area (TPSA) is 6.48 Å². The summed E-state index contributed by atoms with van der Waals surface area (Å²) < 4.78 is 0. The molecule has 1 heterocycles. The molecule has 0 spiro atoms. The van der Waals surface area contributed by atoms with E-state index in [-0.39, 0.29) is 0 Å². The molecule has 0 N–H and O–H groups in total. The summed E-state index contributed by atoms with van der Waals surface area (Å²) in [4.78, 5) is 5.44. The quantitative estimate of drug-likeness (QED) is 0.734. The molecule has 136 valence electrons. The highest BCUT2D eigenvalue weighted by molar-refractivity contribution is 6.42. The first-order valence-corrected chi connectivity index (χ1v) is 10.8. The van der Waals surface area contributed by atoms with Gasteiger partial charge in [-0.25, -0.2) is 0 Å². The zero-order chi connectivity index (χ0) is 17.0. The number of halogens is 2. The van der Waals surface area contributed by atoms with Gasteiger partial charge < -0.3 is 0 Å². The summed E-state index contributed by atoms with van der Waals surface area (Å²) in [5.74, 6) is 4.18. The van der Waals surface area contributed by atoms with Crippen molar-refractivity contribution in [1.29, 1.82) is 0 Å². The summed E-state index contributed by atoms with van der Waals surface area (Å²) >= 11 is 12.2. The summed E-state index contributed by atoms with van der Waals surface area (Å²) in [7, 11) is 0. The van der Waals surface area contributed by atoms with Crippen molar-refractivity contribution >= 4 is 23.2 Å². The van der Waals surface area contributed by atoms with Gasteiger partial charge in [-0.05, 0) is 73.5 Å². The molecule has 0 unspecified atom stereocenters. The Morgan fingerprint density at radius 1 is 0.800 bits per heavy atom. The molecule has 2 nitrogen and oxygen atoms in total. The van der Waals surface area contributed by atoms with Crippen LogP contribution in [0.2, 0.25) is 10.0 Å². The van der Waals surface area contributed by atoms with E-state index in [0.29, 0.717) is 10.0 Å². The summed E-state index contributed by atoms with van der Waals surface area (Å²) in [6.45, 7) is 5.85. The second-order valence-corrected chi connectivity index (χ2v) is 9.80. The lowest BCUT2D eigenvalue weighted by Gasteiger charge is -2.58. The van der Waals surface area contributed by atoms with E-state index in [2.05, 4.69) is 15.9 Å². The molecule has 25 heavy (non-hydrogen) atoms.